The lowest BCUT2D eigenvalue weighted by molar-refractivity contribution is 0.533. The lowest BCUT2D eigenvalue weighted by Gasteiger charge is -2.13. The SMILES string of the molecule is O=c1cc(-c2ccccc2)[nH]c2ccc3c(nc4n3CCCC4)c12. The number of nitrogens with zero attached hydrogens (tertiary/aromatic N) is 2. The molecule has 118 valence electrons. The van der Waals surface area contributed by atoms with E-state index < -0.39 is 0 Å². The second kappa shape index (κ2) is 5.06. The fourth-order valence-corrected chi connectivity index (χ4v) is 3.74. The smallest absolute Gasteiger partial charge is 0.192 e. The Morgan fingerprint density at radius 3 is 2.79 bits per heavy atom. The molecular formula is C20H17N3O. The summed E-state index contributed by atoms with van der Waals surface area (Å²) < 4.78 is 2.27. The third-order valence-electron chi connectivity index (χ3n) is 4.91. The Bertz CT molecular complexity index is 1120. The second-order valence-corrected chi connectivity index (χ2v) is 6.41. The minimum atomic E-state index is 0.0312. The van der Waals surface area contributed by atoms with E-state index in [0.29, 0.717) is 5.39 Å². The normalized spacial score (nSPS) is 14.2. The van der Waals surface area contributed by atoms with Gasteiger partial charge in [0, 0.05) is 24.7 Å². The Labute approximate surface area is 138 Å². The summed E-state index contributed by atoms with van der Waals surface area (Å²) in [5, 5.41) is 0.703. The molecule has 0 radical (unpaired) electrons. The van der Waals surface area contributed by atoms with Gasteiger partial charge in [-0.2, -0.15) is 0 Å². The highest BCUT2D eigenvalue weighted by Crippen LogP contribution is 2.27. The molecule has 4 heteroatoms. The molecule has 24 heavy (non-hydrogen) atoms. The zero-order chi connectivity index (χ0) is 16.1. The van der Waals surface area contributed by atoms with Gasteiger partial charge in [-0.15, -0.1) is 0 Å². The molecule has 2 aromatic heterocycles. The summed E-state index contributed by atoms with van der Waals surface area (Å²) in [6, 6.07) is 15.7. The van der Waals surface area contributed by atoms with Crippen LogP contribution in [0.3, 0.4) is 0 Å². The van der Waals surface area contributed by atoms with Crippen molar-refractivity contribution in [3.63, 3.8) is 0 Å². The number of hydrogen-bond donors (Lipinski definition) is 1. The third kappa shape index (κ3) is 1.92. The Morgan fingerprint density at radius 2 is 1.92 bits per heavy atom. The topological polar surface area (TPSA) is 50.7 Å². The average Bonchev–Trinajstić information content (AvgIpc) is 3.00. The molecule has 0 spiro atoms. The van der Waals surface area contributed by atoms with Gasteiger partial charge in [0.05, 0.1) is 16.4 Å². The first-order valence-corrected chi connectivity index (χ1v) is 8.42. The van der Waals surface area contributed by atoms with Crippen LogP contribution in [0.15, 0.2) is 53.3 Å². The van der Waals surface area contributed by atoms with Crippen LogP contribution in [0.1, 0.15) is 18.7 Å². The molecule has 4 nitrogen and oxygen atoms in total. The number of hydrogen-bond acceptors (Lipinski definition) is 2. The summed E-state index contributed by atoms with van der Waals surface area (Å²) in [6.07, 6.45) is 3.35. The van der Waals surface area contributed by atoms with Crippen molar-refractivity contribution in [1.29, 1.82) is 0 Å². The predicted octanol–water partition coefficient (Wildman–Crippen LogP) is 3.88. The third-order valence-corrected chi connectivity index (χ3v) is 4.91. The van der Waals surface area contributed by atoms with Gasteiger partial charge in [-0.05, 0) is 30.5 Å². The van der Waals surface area contributed by atoms with E-state index in [0.717, 1.165) is 46.6 Å². The van der Waals surface area contributed by atoms with Crippen LogP contribution in [-0.2, 0) is 13.0 Å². The number of aromatic nitrogens is 3. The van der Waals surface area contributed by atoms with Crippen LogP contribution in [0.5, 0.6) is 0 Å². The molecule has 2 aromatic carbocycles. The van der Waals surface area contributed by atoms with E-state index in [1.165, 1.54) is 12.8 Å². The van der Waals surface area contributed by atoms with Gasteiger partial charge in [-0.1, -0.05) is 30.3 Å². The Balaban J connectivity index is 1.82. The van der Waals surface area contributed by atoms with Gasteiger partial charge < -0.3 is 9.55 Å². The maximum absolute atomic E-state index is 12.8. The minimum absolute atomic E-state index is 0.0312. The largest absolute Gasteiger partial charge is 0.354 e. The maximum atomic E-state index is 12.8. The molecule has 0 saturated heterocycles. The molecule has 0 atom stereocenters. The summed E-state index contributed by atoms with van der Waals surface area (Å²) >= 11 is 0. The van der Waals surface area contributed by atoms with E-state index in [1.807, 2.05) is 36.4 Å². The van der Waals surface area contributed by atoms with Crippen molar-refractivity contribution in [2.24, 2.45) is 0 Å². The van der Waals surface area contributed by atoms with E-state index in [4.69, 9.17) is 4.98 Å². The maximum Gasteiger partial charge on any atom is 0.192 e. The standard InChI is InChI=1S/C20H17N3O/c24-17-12-15(13-6-2-1-3-7-13)21-14-9-10-16-20(19(14)17)22-18-8-4-5-11-23(16)18/h1-3,6-7,9-10,12H,4-5,8,11H2,(H,21,24). The average molecular weight is 315 g/mol. The molecule has 1 N–H and O–H groups in total. The molecular weight excluding hydrogens is 298 g/mol. The highest BCUT2D eigenvalue weighted by atomic mass is 16.1. The fraction of sp³-hybridized carbons (Fsp3) is 0.200. The molecule has 5 rings (SSSR count). The summed E-state index contributed by atoms with van der Waals surface area (Å²) in [4.78, 5) is 21.0. The highest BCUT2D eigenvalue weighted by Gasteiger charge is 2.17. The van der Waals surface area contributed by atoms with Crippen LogP contribution in [0.25, 0.3) is 33.2 Å². The zero-order valence-corrected chi connectivity index (χ0v) is 13.2. The Hall–Kier alpha value is -2.88. The first-order chi connectivity index (χ1) is 11.8. The molecule has 1 aliphatic heterocycles. The van der Waals surface area contributed by atoms with Crippen LogP contribution in [0.2, 0.25) is 0 Å². The summed E-state index contributed by atoms with van der Waals surface area (Å²) in [6.45, 7) is 0.997. The minimum Gasteiger partial charge on any atom is -0.354 e. The highest BCUT2D eigenvalue weighted by molar-refractivity contribution is 6.03. The van der Waals surface area contributed by atoms with Crippen LogP contribution in [0, 0.1) is 0 Å². The monoisotopic (exact) mass is 315 g/mol. The van der Waals surface area contributed by atoms with Crippen molar-refractivity contribution in [2.75, 3.05) is 0 Å². The molecule has 1 aliphatic rings. The van der Waals surface area contributed by atoms with E-state index >= 15 is 0 Å². The summed E-state index contributed by atoms with van der Waals surface area (Å²) in [7, 11) is 0. The number of benzene rings is 2. The van der Waals surface area contributed by atoms with E-state index in [9.17, 15) is 4.79 Å². The Morgan fingerprint density at radius 1 is 1.04 bits per heavy atom. The summed E-state index contributed by atoms with van der Waals surface area (Å²) in [5.74, 6) is 1.11. The predicted molar refractivity (Wildman–Crippen MR) is 96.2 cm³/mol. The number of rotatable bonds is 1. The quantitative estimate of drug-likeness (QED) is 0.579. The first-order valence-electron chi connectivity index (χ1n) is 8.42. The number of pyridine rings is 1. The van der Waals surface area contributed by atoms with Gasteiger partial charge in [-0.3, -0.25) is 4.79 Å². The van der Waals surface area contributed by atoms with Crippen LogP contribution >= 0.6 is 0 Å². The van der Waals surface area contributed by atoms with Crippen molar-refractivity contribution in [1.82, 2.24) is 14.5 Å². The van der Waals surface area contributed by atoms with Crippen molar-refractivity contribution < 1.29 is 0 Å². The molecule has 0 bridgehead atoms. The molecule has 0 aliphatic carbocycles. The molecule has 0 saturated carbocycles. The van der Waals surface area contributed by atoms with Gasteiger partial charge in [0.2, 0.25) is 0 Å². The van der Waals surface area contributed by atoms with Gasteiger partial charge in [0.15, 0.2) is 5.43 Å². The van der Waals surface area contributed by atoms with Crippen LogP contribution < -0.4 is 5.43 Å². The molecule has 0 unspecified atom stereocenters. The Kier molecular flexibility index (Phi) is 2.86. The van der Waals surface area contributed by atoms with Crippen molar-refractivity contribution in [3.05, 3.63) is 64.6 Å². The van der Waals surface area contributed by atoms with Crippen LogP contribution in [-0.4, -0.2) is 14.5 Å². The van der Waals surface area contributed by atoms with Crippen molar-refractivity contribution in [3.8, 4) is 11.3 Å². The van der Waals surface area contributed by atoms with Crippen molar-refractivity contribution in [2.45, 2.75) is 25.8 Å². The number of fused-ring (bicyclic) bond motifs is 5. The zero-order valence-electron chi connectivity index (χ0n) is 13.2. The van der Waals surface area contributed by atoms with E-state index in [-0.39, 0.29) is 5.43 Å². The molecule has 3 heterocycles. The fourth-order valence-electron chi connectivity index (χ4n) is 3.74. The van der Waals surface area contributed by atoms with Gasteiger partial charge in [-0.25, -0.2) is 4.98 Å². The van der Waals surface area contributed by atoms with Gasteiger partial charge in [0.25, 0.3) is 0 Å². The number of nitrogens with one attached hydrogen (secondary N) is 1. The molecule has 4 aromatic rings. The van der Waals surface area contributed by atoms with Crippen LogP contribution in [0.4, 0.5) is 0 Å². The van der Waals surface area contributed by atoms with Crippen molar-refractivity contribution >= 4 is 21.9 Å². The lowest BCUT2D eigenvalue weighted by atomic mass is 10.1. The lowest BCUT2D eigenvalue weighted by Crippen LogP contribution is -2.09. The number of H-pyrrole nitrogens is 1. The summed E-state index contributed by atoms with van der Waals surface area (Å²) in [5.41, 5.74) is 4.66. The molecule has 0 amide bonds. The number of imidazole rings is 1. The van der Waals surface area contributed by atoms with E-state index in [2.05, 4.69) is 15.6 Å². The molecule has 0 fully saturated rings. The first kappa shape index (κ1) is 13.5. The van der Waals surface area contributed by atoms with Gasteiger partial charge >= 0.3 is 0 Å². The number of aromatic amines is 1. The number of aryl methyl sites for hydroxylation is 2. The van der Waals surface area contributed by atoms with E-state index in [1.54, 1.807) is 6.07 Å². The van der Waals surface area contributed by atoms with Gasteiger partial charge in [0.1, 0.15) is 11.3 Å². The second-order valence-electron chi connectivity index (χ2n) is 6.41.